The van der Waals surface area contributed by atoms with Crippen LogP contribution < -0.4 is 5.32 Å². The number of allylic oxidation sites excluding steroid dienone is 1. The van der Waals surface area contributed by atoms with Crippen LogP contribution in [0.1, 0.15) is 39.3 Å². The predicted octanol–water partition coefficient (Wildman–Crippen LogP) is 3.04. The maximum atomic E-state index is 12.7. The summed E-state index contributed by atoms with van der Waals surface area (Å²) in [5.41, 5.74) is 0.128. The van der Waals surface area contributed by atoms with E-state index in [1.807, 2.05) is 0 Å². The van der Waals surface area contributed by atoms with Crippen molar-refractivity contribution in [3.05, 3.63) is 51.2 Å². The van der Waals surface area contributed by atoms with Gasteiger partial charge in [0, 0.05) is 17.8 Å². The second-order valence-electron chi connectivity index (χ2n) is 6.25. The highest BCUT2D eigenvalue weighted by atomic mass is 16.6. The van der Waals surface area contributed by atoms with E-state index in [1.165, 1.54) is 31.2 Å². The molecule has 1 atom stereocenters. The van der Waals surface area contributed by atoms with Gasteiger partial charge >= 0.3 is 18.1 Å². The molecule has 0 radical (unpaired) electrons. The minimum Gasteiger partial charge on any atom is -0.459 e. The van der Waals surface area contributed by atoms with E-state index in [1.54, 1.807) is 20.8 Å². The molecule has 10 nitrogen and oxygen atoms in total. The molecule has 1 aromatic carbocycles. The van der Waals surface area contributed by atoms with Crippen molar-refractivity contribution in [2.45, 2.75) is 39.8 Å². The van der Waals surface area contributed by atoms with E-state index in [4.69, 9.17) is 9.47 Å². The predicted molar refractivity (Wildman–Crippen MR) is 97.2 cm³/mol. The molecule has 1 aromatic rings. The number of urea groups is 1. The Kier molecular flexibility index (Phi) is 6.34. The average Bonchev–Trinajstić information content (AvgIpc) is 2.60. The molecule has 3 amide bonds. The molecule has 0 aliphatic carbocycles. The van der Waals surface area contributed by atoms with Crippen LogP contribution in [0.25, 0.3) is 0 Å². The van der Waals surface area contributed by atoms with E-state index >= 15 is 0 Å². The summed E-state index contributed by atoms with van der Waals surface area (Å²) in [6.45, 7) is 6.36. The van der Waals surface area contributed by atoms with Crippen LogP contribution in [0.2, 0.25) is 0 Å². The second kappa shape index (κ2) is 8.51. The number of nitro benzene ring substituents is 1. The SMILES string of the molecule is CCOC(=O)N1C(=O)NC(C)=C(C(=O)OC(C)C)C1c1cccc([N+](=O)[O-])c1. The van der Waals surface area contributed by atoms with Crippen LogP contribution in [-0.4, -0.2) is 40.6 Å². The van der Waals surface area contributed by atoms with Gasteiger partial charge in [0.25, 0.3) is 5.69 Å². The van der Waals surface area contributed by atoms with E-state index in [2.05, 4.69) is 5.32 Å². The monoisotopic (exact) mass is 391 g/mol. The lowest BCUT2D eigenvalue weighted by molar-refractivity contribution is -0.384. The fourth-order valence-corrected chi connectivity index (χ4v) is 2.79. The molecular weight excluding hydrogens is 370 g/mol. The Morgan fingerprint density at radius 1 is 1.36 bits per heavy atom. The summed E-state index contributed by atoms with van der Waals surface area (Å²) in [5.74, 6) is -0.752. The fourth-order valence-electron chi connectivity index (χ4n) is 2.79. The Morgan fingerprint density at radius 2 is 2.04 bits per heavy atom. The Hall–Kier alpha value is -3.43. The number of ether oxygens (including phenoxy) is 2. The lowest BCUT2D eigenvalue weighted by atomic mass is 9.93. The maximum absolute atomic E-state index is 12.7. The number of hydrogen-bond acceptors (Lipinski definition) is 7. The van der Waals surface area contributed by atoms with E-state index in [-0.39, 0.29) is 29.1 Å². The van der Waals surface area contributed by atoms with E-state index in [9.17, 15) is 24.5 Å². The molecule has 0 spiro atoms. The molecule has 0 saturated heterocycles. The molecule has 0 bridgehead atoms. The minimum absolute atomic E-state index is 0.00125. The number of nitrogens with zero attached hydrogens (tertiary/aromatic N) is 2. The summed E-state index contributed by atoms with van der Waals surface area (Å²) in [6, 6.07) is 3.31. The van der Waals surface area contributed by atoms with Crippen LogP contribution >= 0.6 is 0 Å². The van der Waals surface area contributed by atoms with Crippen LogP contribution in [0, 0.1) is 10.1 Å². The smallest absolute Gasteiger partial charge is 0.418 e. The van der Waals surface area contributed by atoms with Crippen molar-refractivity contribution in [2.24, 2.45) is 0 Å². The number of imide groups is 1. The van der Waals surface area contributed by atoms with Crippen molar-refractivity contribution in [1.29, 1.82) is 0 Å². The number of nitrogens with one attached hydrogen (secondary N) is 1. The van der Waals surface area contributed by atoms with E-state index < -0.39 is 35.2 Å². The summed E-state index contributed by atoms with van der Waals surface area (Å²) in [6.07, 6.45) is -1.44. The molecule has 2 rings (SSSR count). The van der Waals surface area contributed by atoms with Gasteiger partial charge in [-0.25, -0.2) is 19.3 Å². The summed E-state index contributed by atoms with van der Waals surface area (Å²) in [7, 11) is 0. The van der Waals surface area contributed by atoms with Crippen LogP contribution in [-0.2, 0) is 14.3 Å². The minimum atomic E-state index is -1.24. The lowest BCUT2D eigenvalue weighted by Gasteiger charge is -2.35. The maximum Gasteiger partial charge on any atom is 0.418 e. The highest BCUT2D eigenvalue weighted by Crippen LogP contribution is 2.36. The first-order valence-electron chi connectivity index (χ1n) is 8.60. The van der Waals surface area contributed by atoms with Gasteiger partial charge in [0.2, 0.25) is 0 Å². The Bertz CT molecular complexity index is 847. The van der Waals surface area contributed by atoms with Crippen molar-refractivity contribution in [2.75, 3.05) is 6.61 Å². The highest BCUT2D eigenvalue weighted by Gasteiger charge is 2.43. The summed E-state index contributed by atoms with van der Waals surface area (Å²) in [4.78, 5) is 48.9. The van der Waals surface area contributed by atoms with Gasteiger partial charge in [-0.15, -0.1) is 0 Å². The zero-order valence-corrected chi connectivity index (χ0v) is 15.9. The molecule has 0 fully saturated rings. The third-order valence-electron chi connectivity index (χ3n) is 3.87. The van der Waals surface area contributed by atoms with Gasteiger partial charge in [0.05, 0.1) is 23.2 Å². The molecule has 1 aliphatic rings. The molecule has 1 unspecified atom stereocenters. The third-order valence-corrected chi connectivity index (χ3v) is 3.87. The average molecular weight is 391 g/mol. The Morgan fingerprint density at radius 3 is 2.61 bits per heavy atom. The van der Waals surface area contributed by atoms with Gasteiger partial charge in [-0.3, -0.25) is 10.1 Å². The van der Waals surface area contributed by atoms with Crippen molar-refractivity contribution >= 4 is 23.8 Å². The number of benzene rings is 1. The second-order valence-corrected chi connectivity index (χ2v) is 6.25. The largest absolute Gasteiger partial charge is 0.459 e. The zero-order chi connectivity index (χ0) is 21.0. The van der Waals surface area contributed by atoms with Crippen LogP contribution in [0.15, 0.2) is 35.5 Å². The first-order chi connectivity index (χ1) is 13.2. The summed E-state index contributed by atoms with van der Waals surface area (Å²) < 4.78 is 10.2. The molecule has 10 heteroatoms. The van der Waals surface area contributed by atoms with E-state index in [0.29, 0.717) is 4.90 Å². The first kappa shape index (κ1) is 20.9. The molecule has 1 aliphatic heterocycles. The van der Waals surface area contributed by atoms with Gasteiger partial charge in [-0.1, -0.05) is 12.1 Å². The number of hydrogen-bond donors (Lipinski definition) is 1. The van der Waals surface area contributed by atoms with Crippen molar-refractivity contribution in [3.8, 4) is 0 Å². The number of non-ortho nitro benzene ring substituents is 1. The number of rotatable bonds is 5. The van der Waals surface area contributed by atoms with E-state index in [0.717, 1.165) is 0 Å². The van der Waals surface area contributed by atoms with Gasteiger partial charge in [0.1, 0.15) is 6.04 Å². The topological polar surface area (TPSA) is 128 Å². The standard InChI is InChI=1S/C18H21N3O7/c1-5-27-18(24)20-15(12-7-6-8-13(9-12)21(25)26)14(11(4)19-17(20)23)16(22)28-10(2)3/h6-10,15H,5H2,1-4H3,(H,19,23). The van der Waals surface area contributed by atoms with Crippen LogP contribution in [0.5, 0.6) is 0 Å². The number of nitro groups is 1. The van der Waals surface area contributed by atoms with Crippen molar-refractivity contribution in [1.82, 2.24) is 10.2 Å². The summed E-state index contributed by atoms with van der Waals surface area (Å²) in [5, 5.41) is 13.6. The Labute approximate surface area is 161 Å². The number of esters is 1. The highest BCUT2D eigenvalue weighted by molar-refractivity contribution is 6.00. The van der Waals surface area contributed by atoms with Gasteiger partial charge < -0.3 is 14.8 Å². The van der Waals surface area contributed by atoms with Crippen LogP contribution in [0.4, 0.5) is 15.3 Å². The molecule has 150 valence electrons. The summed E-state index contributed by atoms with van der Waals surface area (Å²) >= 11 is 0. The first-order valence-corrected chi connectivity index (χ1v) is 8.60. The van der Waals surface area contributed by atoms with Crippen LogP contribution in [0.3, 0.4) is 0 Å². The zero-order valence-electron chi connectivity index (χ0n) is 15.9. The molecule has 0 saturated carbocycles. The molecule has 1 N–H and O–H groups in total. The van der Waals surface area contributed by atoms with Gasteiger partial charge in [0.15, 0.2) is 0 Å². The number of amides is 3. The van der Waals surface area contributed by atoms with Crippen molar-refractivity contribution < 1.29 is 28.8 Å². The van der Waals surface area contributed by atoms with Gasteiger partial charge in [-0.05, 0) is 33.3 Å². The molecule has 28 heavy (non-hydrogen) atoms. The Balaban J connectivity index is 2.66. The number of carbonyl (C=O) groups is 3. The molecule has 1 heterocycles. The molecular formula is C18H21N3O7. The fraction of sp³-hybridized carbons (Fsp3) is 0.389. The lowest BCUT2D eigenvalue weighted by Crippen LogP contribution is -2.51. The quantitative estimate of drug-likeness (QED) is 0.464. The van der Waals surface area contributed by atoms with Crippen molar-refractivity contribution in [3.63, 3.8) is 0 Å². The normalized spacial score (nSPS) is 16.7. The molecule has 0 aromatic heterocycles. The van der Waals surface area contributed by atoms with Gasteiger partial charge in [-0.2, -0.15) is 0 Å². The number of carbonyl (C=O) groups excluding carboxylic acids is 3. The third kappa shape index (κ3) is 4.27.